The van der Waals surface area contributed by atoms with Crippen LogP contribution in [0.4, 0.5) is 36.3 Å². The van der Waals surface area contributed by atoms with E-state index in [1.807, 2.05) is 12.1 Å². The van der Waals surface area contributed by atoms with Crippen LogP contribution in [-0.2, 0) is 22.1 Å². The number of aromatic nitrogens is 2. The number of ether oxygens (including phenoxy) is 1. The van der Waals surface area contributed by atoms with Crippen molar-refractivity contribution in [3.8, 4) is 6.07 Å². The summed E-state index contributed by atoms with van der Waals surface area (Å²) in [6, 6.07) is 7.80. The molecule has 0 radical (unpaired) electrons. The van der Waals surface area contributed by atoms with Crippen molar-refractivity contribution in [1.82, 2.24) is 19.8 Å². The predicted molar refractivity (Wildman–Crippen MR) is 141 cm³/mol. The van der Waals surface area contributed by atoms with Crippen molar-refractivity contribution in [1.29, 1.82) is 5.26 Å². The molecule has 2 fully saturated rings. The molecule has 0 bridgehead atoms. The lowest BCUT2D eigenvalue weighted by atomic mass is 10.1. The Morgan fingerprint density at radius 2 is 1.95 bits per heavy atom. The van der Waals surface area contributed by atoms with Crippen LogP contribution < -0.4 is 15.5 Å². The Labute approximate surface area is 225 Å². The third kappa shape index (κ3) is 7.70. The number of rotatable bonds is 9. The lowest BCUT2D eigenvalue weighted by molar-refractivity contribution is -0.137. The van der Waals surface area contributed by atoms with Crippen molar-refractivity contribution in [2.45, 2.75) is 25.4 Å². The fraction of sp³-hybridized carbons (Fsp3) is 0.538. The number of carbonyl (C=O) groups excluding carboxylic acids is 1. The van der Waals surface area contributed by atoms with E-state index >= 15 is 0 Å². The number of hydrogen-bond acceptors (Lipinski definition) is 9. The quantitative estimate of drug-likeness (QED) is 0.459. The average Bonchev–Trinajstić information content (AvgIpc) is 3.11. The van der Waals surface area contributed by atoms with E-state index in [0.717, 1.165) is 38.1 Å². The van der Waals surface area contributed by atoms with Gasteiger partial charge in [-0.3, -0.25) is 4.79 Å². The molecule has 1 aromatic heterocycles. The number of hydrogen-bond donors (Lipinski definition) is 2. The number of likely N-dealkylation sites (N-methyl/N-ethyl adjacent to an activating group) is 1. The Kier molecular flexibility index (Phi) is 9.42. The smallest absolute Gasteiger partial charge is 0.379 e. The van der Waals surface area contributed by atoms with E-state index in [0.29, 0.717) is 50.4 Å². The van der Waals surface area contributed by atoms with Gasteiger partial charge >= 0.3 is 6.18 Å². The molecular weight excluding hydrogens is 513 g/mol. The van der Waals surface area contributed by atoms with Gasteiger partial charge in [-0.2, -0.15) is 23.4 Å². The van der Waals surface area contributed by atoms with Crippen LogP contribution in [0.25, 0.3) is 0 Å². The maximum atomic E-state index is 13.7. The molecule has 0 unspecified atom stereocenters. The number of nitriles is 1. The number of amides is 1. The minimum absolute atomic E-state index is 0.0168. The molecule has 0 saturated carbocycles. The molecule has 2 aliphatic heterocycles. The Balaban J connectivity index is 1.46. The molecule has 0 atom stereocenters. The van der Waals surface area contributed by atoms with Crippen LogP contribution in [0.3, 0.4) is 0 Å². The number of nitrogens with one attached hydrogen (secondary N) is 2. The molecule has 3 heterocycles. The van der Waals surface area contributed by atoms with Gasteiger partial charge in [0.15, 0.2) is 0 Å². The van der Waals surface area contributed by atoms with Gasteiger partial charge in [0, 0.05) is 63.4 Å². The number of piperazine rings is 1. The Bertz CT molecular complexity index is 1180. The highest BCUT2D eigenvalue weighted by Gasteiger charge is 2.35. The van der Waals surface area contributed by atoms with E-state index < -0.39 is 11.7 Å². The van der Waals surface area contributed by atoms with Crippen LogP contribution in [0, 0.1) is 11.3 Å². The lowest BCUT2D eigenvalue weighted by Gasteiger charge is -2.34. The molecule has 4 rings (SSSR count). The number of alkyl halides is 3. The van der Waals surface area contributed by atoms with Gasteiger partial charge < -0.3 is 30.1 Å². The molecule has 10 nitrogen and oxygen atoms in total. The number of benzene rings is 1. The minimum atomic E-state index is -4.64. The highest BCUT2D eigenvalue weighted by atomic mass is 19.4. The molecule has 39 heavy (non-hydrogen) atoms. The summed E-state index contributed by atoms with van der Waals surface area (Å²) in [4.78, 5) is 26.3. The summed E-state index contributed by atoms with van der Waals surface area (Å²) in [5.41, 5.74) is 1.28. The third-order valence-electron chi connectivity index (χ3n) is 6.78. The maximum Gasteiger partial charge on any atom is 0.421 e. The monoisotopic (exact) mass is 546 g/mol. The molecular formula is C26H33F3N8O2. The second-order valence-electron chi connectivity index (χ2n) is 9.57. The molecule has 2 N–H and O–H groups in total. The zero-order valence-electron chi connectivity index (χ0n) is 21.9. The predicted octanol–water partition coefficient (Wildman–Crippen LogP) is 3.11. The summed E-state index contributed by atoms with van der Waals surface area (Å²) in [5.74, 6) is -0.387. The van der Waals surface area contributed by atoms with E-state index in [-0.39, 0.29) is 30.6 Å². The topological polar surface area (TPSA) is 110 Å². The number of nitrogens with zero attached hydrogens (tertiary/aromatic N) is 6. The Morgan fingerprint density at radius 1 is 1.15 bits per heavy atom. The Hall–Kier alpha value is -3.63. The summed E-state index contributed by atoms with van der Waals surface area (Å²) in [6.07, 6.45) is -3.03. The fourth-order valence-corrected chi connectivity index (χ4v) is 4.53. The van der Waals surface area contributed by atoms with Crippen LogP contribution in [0.15, 0.2) is 24.4 Å². The first kappa shape index (κ1) is 28.4. The average molecular weight is 547 g/mol. The van der Waals surface area contributed by atoms with Crippen LogP contribution in [0.5, 0.6) is 0 Å². The van der Waals surface area contributed by atoms with Gasteiger partial charge in [-0.05, 0) is 37.2 Å². The van der Waals surface area contributed by atoms with E-state index in [1.165, 1.54) is 0 Å². The van der Waals surface area contributed by atoms with Gasteiger partial charge in [0.2, 0.25) is 11.9 Å². The molecule has 2 aromatic rings. The number of halogens is 3. The number of carbonyl (C=O) groups is 1. The van der Waals surface area contributed by atoms with Crippen LogP contribution in [-0.4, -0.2) is 91.7 Å². The van der Waals surface area contributed by atoms with Crippen molar-refractivity contribution >= 4 is 29.0 Å². The second kappa shape index (κ2) is 12.9. The molecule has 0 spiro atoms. The molecule has 2 aliphatic rings. The van der Waals surface area contributed by atoms with Gasteiger partial charge in [0.25, 0.3) is 0 Å². The summed E-state index contributed by atoms with van der Waals surface area (Å²) in [5, 5.41) is 15.1. The first-order valence-electron chi connectivity index (χ1n) is 13.0. The van der Waals surface area contributed by atoms with Gasteiger partial charge in [-0.1, -0.05) is 0 Å². The van der Waals surface area contributed by atoms with Gasteiger partial charge in [-0.15, -0.1) is 0 Å². The van der Waals surface area contributed by atoms with Crippen molar-refractivity contribution in [2.24, 2.45) is 0 Å². The zero-order chi connectivity index (χ0) is 27.8. The standard InChI is InChI=1S/C26H33F3N8O2/c1-35-10-12-36(13-11-35)20-3-4-22(19(17-20)5-7-30)33-25-32-18-21(26(27,28)29)24(34-25)31-8-2-9-37-14-16-39-15-6-23(37)38/h3-4,17-18H,2,5-6,8-16H2,1H3,(H2,31,32,33,34). The summed E-state index contributed by atoms with van der Waals surface area (Å²) in [6.45, 7) is 5.49. The van der Waals surface area contributed by atoms with Crippen LogP contribution in [0.1, 0.15) is 24.0 Å². The van der Waals surface area contributed by atoms with Crippen LogP contribution >= 0.6 is 0 Å². The second-order valence-corrected chi connectivity index (χ2v) is 9.57. The molecule has 0 aliphatic carbocycles. The highest BCUT2D eigenvalue weighted by molar-refractivity contribution is 5.76. The summed E-state index contributed by atoms with van der Waals surface area (Å²) >= 11 is 0. The Morgan fingerprint density at radius 3 is 2.69 bits per heavy atom. The van der Waals surface area contributed by atoms with Gasteiger partial charge in [0.1, 0.15) is 11.4 Å². The zero-order valence-corrected chi connectivity index (χ0v) is 21.9. The molecule has 13 heteroatoms. The van der Waals surface area contributed by atoms with E-state index in [9.17, 15) is 23.2 Å². The van der Waals surface area contributed by atoms with E-state index in [2.05, 4.69) is 43.5 Å². The lowest BCUT2D eigenvalue weighted by Crippen LogP contribution is -2.44. The normalized spacial score (nSPS) is 17.1. The first-order valence-corrected chi connectivity index (χ1v) is 13.0. The molecule has 210 valence electrons. The molecule has 2 saturated heterocycles. The van der Waals surface area contributed by atoms with Crippen molar-refractivity contribution in [3.63, 3.8) is 0 Å². The van der Waals surface area contributed by atoms with Gasteiger partial charge in [0.05, 0.1) is 32.1 Å². The van der Waals surface area contributed by atoms with E-state index in [4.69, 9.17) is 4.74 Å². The van der Waals surface area contributed by atoms with Crippen LogP contribution in [0.2, 0.25) is 0 Å². The molecule has 1 aromatic carbocycles. The third-order valence-corrected chi connectivity index (χ3v) is 6.78. The van der Waals surface area contributed by atoms with E-state index in [1.54, 1.807) is 11.0 Å². The van der Waals surface area contributed by atoms with Crippen molar-refractivity contribution in [2.75, 3.05) is 81.6 Å². The fourth-order valence-electron chi connectivity index (χ4n) is 4.53. The van der Waals surface area contributed by atoms with Gasteiger partial charge in [-0.25, -0.2) is 4.98 Å². The highest BCUT2D eigenvalue weighted by Crippen LogP contribution is 2.34. The molecule has 1 amide bonds. The SMILES string of the molecule is CN1CCN(c2ccc(Nc3ncc(C(F)(F)F)c(NCCCN4CCOCCC4=O)n3)c(CC#N)c2)CC1. The summed E-state index contributed by atoms with van der Waals surface area (Å²) < 4.78 is 46.3. The first-order chi connectivity index (χ1) is 18.7. The minimum Gasteiger partial charge on any atom is -0.379 e. The maximum absolute atomic E-state index is 13.7. The van der Waals surface area contributed by atoms with Crippen molar-refractivity contribution in [3.05, 3.63) is 35.5 Å². The summed E-state index contributed by atoms with van der Waals surface area (Å²) in [7, 11) is 2.07. The largest absolute Gasteiger partial charge is 0.421 e. The number of anilines is 4. The van der Waals surface area contributed by atoms with Crippen molar-refractivity contribution < 1.29 is 22.7 Å².